The van der Waals surface area contributed by atoms with Gasteiger partial charge in [-0.1, -0.05) is 18.2 Å². The van der Waals surface area contributed by atoms with Gasteiger partial charge in [0.1, 0.15) is 0 Å². The van der Waals surface area contributed by atoms with Crippen LogP contribution >= 0.6 is 0 Å². The molecule has 1 unspecified atom stereocenters. The van der Waals surface area contributed by atoms with E-state index >= 15 is 0 Å². The topological polar surface area (TPSA) is 38.9 Å². The lowest BCUT2D eigenvalue weighted by Gasteiger charge is -2.14. The number of nitrogens with two attached hydrogens (primary N) is 1. The van der Waals surface area contributed by atoms with Gasteiger partial charge in [0.2, 0.25) is 0 Å². The van der Waals surface area contributed by atoms with E-state index in [-0.39, 0.29) is 6.42 Å². The van der Waals surface area contributed by atoms with Gasteiger partial charge in [0, 0.05) is 17.8 Å². The highest BCUT2D eigenvalue weighted by Gasteiger charge is 2.28. The number of hydrogen-bond acceptors (Lipinski definition) is 2. The maximum atomic E-state index is 12.2. The highest BCUT2D eigenvalue weighted by molar-refractivity contribution is 5.82. The Balaban J connectivity index is 2.25. The molecule has 0 aliphatic carbocycles. The van der Waals surface area contributed by atoms with Crippen LogP contribution in [0.1, 0.15) is 30.1 Å². The Hall–Kier alpha value is -1.62. The average molecular weight is 268 g/mol. The summed E-state index contributed by atoms with van der Waals surface area (Å²) in [4.78, 5) is 4.34. The molecule has 2 rings (SSSR count). The van der Waals surface area contributed by atoms with Crippen molar-refractivity contribution in [3.63, 3.8) is 0 Å². The van der Waals surface area contributed by atoms with E-state index in [9.17, 15) is 13.2 Å². The van der Waals surface area contributed by atoms with Gasteiger partial charge in [-0.05, 0) is 31.0 Å². The van der Waals surface area contributed by atoms with Gasteiger partial charge in [-0.3, -0.25) is 4.98 Å². The molecule has 0 saturated heterocycles. The van der Waals surface area contributed by atoms with Gasteiger partial charge >= 0.3 is 6.18 Å². The molecule has 0 saturated carbocycles. The third-order valence-corrected chi connectivity index (χ3v) is 3.06. The van der Waals surface area contributed by atoms with Gasteiger partial charge in [0.25, 0.3) is 0 Å². The van der Waals surface area contributed by atoms with Crippen LogP contribution < -0.4 is 5.73 Å². The van der Waals surface area contributed by atoms with Crippen LogP contribution in [0, 0.1) is 6.92 Å². The summed E-state index contributed by atoms with van der Waals surface area (Å²) in [6.07, 6.45) is -5.21. The Bertz CT molecular complexity index is 578. The van der Waals surface area contributed by atoms with Crippen LogP contribution in [0.4, 0.5) is 13.2 Å². The maximum absolute atomic E-state index is 12.2. The second-order valence-electron chi connectivity index (χ2n) is 4.64. The summed E-state index contributed by atoms with van der Waals surface area (Å²) in [6.45, 7) is 1.91. The first kappa shape index (κ1) is 13.8. The van der Waals surface area contributed by atoms with Crippen LogP contribution in [0.3, 0.4) is 0 Å². The fourth-order valence-electron chi connectivity index (χ4n) is 2.03. The lowest BCUT2D eigenvalue weighted by atomic mass is 10.0. The van der Waals surface area contributed by atoms with Crippen molar-refractivity contribution in [1.82, 2.24) is 4.98 Å². The lowest BCUT2D eigenvalue weighted by molar-refractivity contribution is -0.136. The van der Waals surface area contributed by atoms with Gasteiger partial charge in [0.05, 0.1) is 11.2 Å². The van der Waals surface area contributed by atoms with Crippen molar-refractivity contribution in [2.45, 2.75) is 32.0 Å². The molecule has 102 valence electrons. The number of nitrogens with zero attached hydrogens (tertiary/aromatic N) is 1. The third-order valence-electron chi connectivity index (χ3n) is 3.06. The molecule has 0 aliphatic heterocycles. The number of benzene rings is 1. The Morgan fingerprint density at radius 2 is 1.95 bits per heavy atom. The maximum Gasteiger partial charge on any atom is 0.389 e. The first-order valence-corrected chi connectivity index (χ1v) is 6.05. The van der Waals surface area contributed by atoms with E-state index in [1.807, 2.05) is 31.2 Å². The van der Waals surface area contributed by atoms with E-state index in [4.69, 9.17) is 5.73 Å². The zero-order chi connectivity index (χ0) is 14.0. The number of fused-ring (bicyclic) bond motifs is 1. The molecule has 2 nitrogen and oxygen atoms in total. The van der Waals surface area contributed by atoms with Crippen molar-refractivity contribution in [3.05, 3.63) is 41.6 Å². The van der Waals surface area contributed by atoms with E-state index in [2.05, 4.69) is 4.98 Å². The number of aryl methyl sites for hydroxylation is 1. The molecular weight excluding hydrogens is 253 g/mol. The van der Waals surface area contributed by atoms with Crippen LogP contribution in [0.5, 0.6) is 0 Å². The molecule has 1 heterocycles. The summed E-state index contributed by atoms with van der Waals surface area (Å²) >= 11 is 0. The van der Waals surface area contributed by atoms with Gasteiger partial charge < -0.3 is 5.73 Å². The molecule has 19 heavy (non-hydrogen) atoms. The fraction of sp³-hybridized carbons (Fsp3) is 0.357. The van der Waals surface area contributed by atoms with Crippen LogP contribution in [0.25, 0.3) is 10.9 Å². The van der Waals surface area contributed by atoms with Crippen molar-refractivity contribution >= 4 is 10.9 Å². The normalized spacial score (nSPS) is 13.7. The largest absolute Gasteiger partial charge is 0.389 e. The van der Waals surface area contributed by atoms with Crippen LogP contribution in [-0.2, 0) is 0 Å². The number of pyridine rings is 1. The number of hydrogen-bond donors (Lipinski definition) is 1. The van der Waals surface area contributed by atoms with E-state index in [1.54, 1.807) is 6.07 Å². The first-order chi connectivity index (χ1) is 8.87. The molecule has 0 bridgehead atoms. The zero-order valence-corrected chi connectivity index (χ0v) is 10.5. The molecule has 0 spiro atoms. The molecule has 0 fully saturated rings. The molecule has 0 amide bonds. The Labute approximate surface area is 109 Å². The molecule has 1 aromatic carbocycles. The number of rotatable bonds is 3. The van der Waals surface area contributed by atoms with Crippen molar-refractivity contribution in [1.29, 1.82) is 0 Å². The van der Waals surface area contributed by atoms with Gasteiger partial charge in [0.15, 0.2) is 0 Å². The third kappa shape index (κ3) is 3.44. The fourth-order valence-corrected chi connectivity index (χ4v) is 2.03. The number of aromatic nitrogens is 1. The Morgan fingerprint density at radius 3 is 2.63 bits per heavy atom. The van der Waals surface area contributed by atoms with E-state index < -0.39 is 18.6 Å². The molecular formula is C14H15F3N2. The molecule has 2 N–H and O–H groups in total. The second kappa shape index (κ2) is 5.17. The standard InChI is InChI=1S/C14H15F3N2/c1-9-8-13(11(18)6-7-14(15,16)17)19-12-5-3-2-4-10(9)12/h2-5,8,11H,6-7,18H2,1H3. The molecule has 1 atom stereocenters. The Kier molecular flexibility index (Phi) is 3.75. The van der Waals surface area contributed by atoms with Crippen molar-refractivity contribution in [3.8, 4) is 0 Å². The minimum Gasteiger partial charge on any atom is -0.323 e. The van der Waals surface area contributed by atoms with Crippen LogP contribution in [0.15, 0.2) is 30.3 Å². The SMILES string of the molecule is Cc1cc(C(N)CCC(F)(F)F)nc2ccccc12. The van der Waals surface area contributed by atoms with Crippen LogP contribution in [0.2, 0.25) is 0 Å². The smallest absolute Gasteiger partial charge is 0.323 e. The molecule has 0 radical (unpaired) electrons. The lowest BCUT2D eigenvalue weighted by Crippen LogP contribution is -2.17. The van der Waals surface area contributed by atoms with Crippen molar-refractivity contribution < 1.29 is 13.2 Å². The summed E-state index contributed by atoms with van der Waals surface area (Å²) in [7, 11) is 0. The van der Waals surface area contributed by atoms with E-state index in [0.29, 0.717) is 5.69 Å². The molecule has 2 aromatic rings. The molecule has 5 heteroatoms. The number of alkyl halides is 3. The summed E-state index contributed by atoms with van der Waals surface area (Å²) < 4.78 is 36.6. The molecule has 1 aromatic heterocycles. The highest BCUT2D eigenvalue weighted by Crippen LogP contribution is 2.27. The predicted octanol–water partition coefficient (Wildman–Crippen LogP) is 3.89. The summed E-state index contributed by atoms with van der Waals surface area (Å²) in [5.74, 6) is 0. The van der Waals surface area contributed by atoms with E-state index in [0.717, 1.165) is 16.5 Å². The minimum absolute atomic E-state index is 0.145. The zero-order valence-electron chi connectivity index (χ0n) is 10.5. The van der Waals surface area contributed by atoms with Gasteiger partial charge in [-0.2, -0.15) is 13.2 Å². The first-order valence-electron chi connectivity index (χ1n) is 6.05. The summed E-state index contributed by atoms with van der Waals surface area (Å²) in [6, 6.07) is 8.60. The second-order valence-corrected chi connectivity index (χ2v) is 4.64. The van der Waals surface area contributed by atoms with Crippen molar-refractivity contribution in [2.75, 3.05) is 0 Å². The average Bonchev–Trinajstić information content (AvgIpc) is 2.35. The quantitative estimate of drug-likeness (QED) is 0.917. The van der Waals surface area contributed by atoms with Gasteiger partial charge in [-0.15, -0.1) is 0 Å². The van der Waals surface area contributed by atoms with Gasteiger partial charge in [-0.25, -0.2) is 0 Å². The van der Waals surface area contributed by atoms with Crippen LogP contribution in [-0.4, -0.2) is 11.2 Å². The highest BCUT2D eigenvalue weighted by atomic mass is 19.4. The Morgan fingerprint density at radius 1 is 1.26 bits per heavy atom. The minimum atomic E-state index is -4.18. The van der Waals surface area contributed by atoms with Crippen molar-refractivity contribution in [2.24, 2.45) is 5.73 Å². The summed E-state index contributed by atoms with van der Waals surface area (Å²) in [5, 5.41) is 0.995. The predicted molar refractivity (Wildman–Crippen MR) is 68.7 cm³/mol. The van der Waals surface area contributed by atoms with E-state index in [1.165, 1.54) is 0 Å². The number of halogens is 3. The summed E-state index contributed by atoms with van der Waals surface area (Å²) in [5.41, 5.74) is 8.05. The number of para-hydroxylation sites is 1. The molecule has 0 aliphatic rings. The monoisotopic (exact) mass is 268 g/mol.